The van der Waals surface area contributed by atoms with Gasteiger partial charge in [-0.1, -0.05) is 38.8 Å². The summed E-state index contributed by atoms with van der Waals surface area (Å²) >= 11 is 6.09. The van der Waals surface area contributed by atoms with Gasteiger partial charge in [0.1, 0.15) is 5.69 Å². The van der Waals surface area contributed by atoms with Gasteiger partial charge in [0.25, 0.3) is 0 Å². The van der Waals surface area contributed by atoms with Crippen LogP contribution in [0.2, 0.25) is 5.02 Å². The fourth-order valence-electron chi connectivity index (χ4n) is 2.51. The van der Waals surface area contributed by atoms with Gasteiger partial charge in [-0.15, -0.1) is 0 Å². The second-order valence-corrected chi connectivity index (χ2v) is 5.51. The van der Waals surface area contributed by atoms with Crippen LogP contribution < -0.4 is 0 Å². The minimum atomic E-state index is -0.00601. The van der Waals surface area contributed by atoms with E-state index < -0.39 is 0 Å². The molecule has 1 aromatic rings. The van der Waals surface area contributed by atoms with E-state index in [1.165, 1.54) is 0 Å². The number of nitrogens with zero attached hydrogens (tertiary/aromatic N) is 2. The molecule has 1 aliphatic heterocycles. The molecule has 0 aliphatic carbocycles. The smallest absolute Gasteiger partial charge is 0.185 e. The molecule has 0 spiro atoms. The molecular weight excluding hydrogens is 248 g/mol. The highest BCUT2D eigenvalue weighted by molar-refractivity contribution is 6.33. The molecule has 2 unspecified atom stereocenters. The summed E-state index contributed by atoms with van der Waals surface area (Å²) < 4.78 is 1.65. The number of carbonyl (C=O) groups excluding carboxylic acids is 1. The van der Waals surface area contributed by atoms with Crippen molar-refractivity contribution in [1.82, 2.24) is 4.68 Å². The van der Waals surface area contributed by atoms with E-state index in [-0.39, 0.29) is 11.7 Å². The molecule has 0 saturated carbocycles. The molecule has 3 nitrogen and oxygen atoms in total. The first-order valence-corrected chi connectivity index (χ1v) is 6.91. The molecule has 1 aromatic heterocycles. The zero-order valence-corrected chi connectivity index (χ0v) is 11.9. The average Bonchev–Trinajstić information content (AvgIpc) is 2.67. The fraction of sp³-hybridized carbons (Fsp3) is 0.571. The third-order valence-corrected chi connectivity index (χ3v) is 3.82. The van der Waals surface area contributed by atoms with Crippen LogP contribution in [0, 0.1) is 11.8 Å². The maximum atomic E-state index is 12.3. The van der Waals surface area contributed by atoms with Crippen molar-refractivity contribution in [3.8, 4) is 0 Å². The number of halogens is 1. The Kier molecular flexibility index (Phi) is 3.91. The first-order valence-electron chi connectivity index (χ1n) is 6.53. The lowest BCUT2D eigenvalue weighted by Crippen LogP contribution is -2.25. The van der Waals surface area contributed by atoms with Crippen LogP contribution >= 0.6 is 11.6 Å². The molecule has 4 heteroatoms. The highest BCUT2D eigenvalue weighted by atomic mass is 35.5. The number of rotatable bonds is 2. The number of hydrogen-bond acceptors (Lipinski definition) is 2. The Morgan fingerprint density at radius 1 is 1.44 bits per heavy atom. The zero-order valence-electron chi connectivity index (χ0n) is 11.1. The second kappa shape index (κ2) is 5.27. The van der Waals surface area contributed by atoms with Crippen molar-refractivity contribution in [2.75, 3.05) is 0 Å². The van der Waals surface area contributed by atoms with Crippen LogP contribution in [0.3, 0.4) is 0 Å². The van der Waals surface area contributed by atoms with Crippen LogP contribution in [0.15, 0.2) is 17.4 Å². The maximum absolute atomic E-state index is 12.3. The van der Waals surface area contributed by atoms with Crippen LogP contribution in [0.4, 0.5) is 0 Å². The SMILES string of the molecule is CCCC1=Nn2ccc(Cl)c2C(=O)C(C)CC1C. The number of hydrogen-bond donors (Lipinski definition) is 0. The summed E-state index contributed by atoms with van der Waals surface area (Å²) in [7, 11) is 0. The van der Waals surface area contributed by atoms with Crippen molar-refractivity contribution in [3.05, 3.63) is 23.0 Å². The van der Waals surface area contributed by atoms with E-state index in [0.717, 1.165) is 25.0 Å². The largest absolute Gasteiger partial charge is 0.292 e. The molecule has 0 N–H and O–H groups in total. The lowest BCUT2D eigenvalue weighted by atomic mass is 9.88. The summed E-state index contributed by atoms with van der Waals surface area (Å²) in [5, 5.41) is 5.10. The van der Waals surface area contributed by atoms with Gasteiger partial charge in [0.05, 0.1) is 5.02 Å². The molecule has 0 bridgehead atoms. The van der Waals surface area contributed by atoms with Gasteiger partial charge in [0.15, 0.2) is 5.78 Å². The van der Waals surface area contributed by atoms with Crippen molar-refractivity contribution in [1.29, 1.82) is 0 Å². The second-order valence-electron chi connectivity index (χ2n) is 5.10. The van der Waals surface area contributed by atoms with Crippen LogP contribution in [0.1, 0.15) is 50.5 Å². The molecule has 2 heterocycles. The molecule has 0 aromatic carbocycles. The normalized spacial score (nSPS) is 24.2. The standard InChI is InChI=1S/C14H19ClN2O/c1-4-5-12-9(2)8-10(3)14(18)13-11(15)6-7-17(13)16-12/h6-7,9-10H,4-5,8H2,1-3H3. The predicted molar refractivity (Wildman–Crippen MR) is 74.5 cm³/mol. The van der Waals surface area contributed by atoms with Crippen LogP contribution in [-0.2, 0) is 0 Å². The first kappa shape index (κ1) is 13.3. The maximum Gasteiger partial charge on any atom is 0.185 e. The van der Waals surface area contributed by atoms with Gasteiger partial charge in [0.2, 0.25) is 0 Å². The van der Waals surface area contributed by atoms with E-state index in [1.54, 1.807) is 16.9 Å². The minimum absolute atomic E-state index is 0.00601. The van der Waals surface area contributed by atoms with Crippen LogP contribution in [0.25, 0.3) is 0 Å². The first-order chi connectivity index (χ1) is 8.54. The number of fused-ring (bicyclic) bond motifs is 1. The topological polar surface area (TPSA) is 34.4 Å². The van der Waals surface area contributed by atoms with E-state index in [9.17, 15) is 4.79 Å². The Morgan fingerprint density at radius 2 is 2.17 bits per heavy atom. The molecule has 1 aliphatic rings. The third-order valence-electron chi connectivity index (χ3n) is 3.52. The Bertz CT molecular complexity index is 490. The van der Waals surface area contributed by atoms with Crippen molar-refractivity contribution >= 4 is 23.1 Å². The molecule has 2 rings (SSSR count). The number of Topliss-reactive ketones (excluding diaryl/α,β-unsaturated/α-hetero) is 1. The molecule has 2 atom stereocenters. The summed E-state index contributed by atoms with van der Waals surface area (Å²) in [5.74, 6) is 0.433. The summed E-state index contributed by atoms with van der Waals surface area (Å²) in [6.45, 7) is 6.27. The molecule has 98 valence electrons. The zero-order chi connectivity index (χ0) is 13.3. The van der Waals surface area contributed by atoms with Gasteiger partial charge in [-0.3, -0.25) is 4.79 Å². The van der Waals surface area contributed by atoms with Gasteiger partial charge in [0, 0.05) is 17.8 Å². The average molecular weight is 267 g/mol. The molecule has 0 fully saturated rings. The monoisotopic (exact) mass is 266 g/mol. The van der Waals surface area contributed by atoms with Gasteiger partial charge >= 0.3 is 0 Å². The Morgan fingerprint density at radius 3 is 2.83 bits per heavy atom. The quantitative estimate of drug-likeness (QED) is 0.797. The Labute approximate surface area is 113 Å². The van der Waals surface area contributed by atoms with Gasteiger partial charge in [-0.25, -0.2) is 4.68 Å². The Balaban J connectivity index is 2.52. The van der Waals surface area contributed by atoms with E-state index in [2.05, 4.69) is 18.9 Å². The van der Waals surface area contributed by atoms with Crippen molar-refractivity contribution in [2.45, 2.75) is 40.0 Å². The highest BCUT2D eigenvalue weighted by Gasteiger charge is 2.27. The lowest BCUT2D eigenvalue weighted by molar-refractivity contribution is 0.0908. The summed E-state index contributed by atoms with van der Waals surface area (Å²) in [5.41, 5.74) is 1.69. The van der Waals surface area contributed by atoms with Crippen molar-refractivity contribution in [3.63, 3.8) is 0 Å². The molecular formula is C14H19ClN2O. The Hall–Kier alpha value is -1.09. The lowest BCUT2D eigenvalue weighted by Gasteiger charge is -2.22. The van der Waals surface area contributed by atoms with Crippen LogP contribution in [-0.4, -0.2) is 16.2 Å². The van der Waals surface area contributed by atoms with Crippen molar-refractivity contribution in [2.24, 2.45) is 16.9 Å². The summed E-state index contributed by atoms with van der Waals surface area (Å²) in [6.07, 6.45) is 4.66. The minimum Gasteiger partial charge on any atom is -0.292 e. The fourth-order valence-corrected chi connectivity index (χ4v) is 2.75. The highest BCUT2D eigenvalue weighted by Crippen LogP contribution is 2.27. The van der Waals surface area contributed by atoms with E-state index in [1.807, 2.05) is 6.92 Å². The molecule has 0 amide bonds. The summed E-state index contributed by atoms with van der Waals surface area (Å²) in [6, 6.07) is 1.74. The number of ketones is 1. The van der Waals surface area contributed by atoms with Crippen LogP contribution in [0.5, 0.6) is 0 Å². The van der Waals surface area contributed by atoms with Gasteiger partial charge in [-0.05, 0) is 24.8 Å². The summed E-state index contributed by atoms with van der Waals surface area (Å²) in [4.78, 5) is 12.3. The third kappa shape index (κ3) is 2.37. The molecule has 18 heavy (non-hydrogen) atoms. The molecule has 0 saturated heterocycles. The van der Waals surface area contributed by atoms with E-state index >= 15 is 0 Å². The number of carbonyl (C=O) groups is 1. The van der Waals surface area contributed by atoms with Gasteiger partial charge in [-0.2, -0.15) is 5.10 Å². The van der Waals surface area contributed by atoms with E-state index in [0.29, 0.717) is 16.6 Å². The van der Waals surface area contributed by atoms with E-state index in [4.69, 9.17) is 11.6 Å². The molecule has 0 radical (unpaired) electrons. The van der Waals surface area contributed by atoms with Gasteiger partial charge < -0.3 is 0 Å². The number of aromatic nitrogens is 1. The van der Waals surface area contributed by atoms with Crippen molar-refractivity contribution < 1.29 is 4.79 Å². The predicted octanol–water partition coefficient (Wildman–Crippen LogP) is 4.00.